The molecule has 2 heterocycles. The fraction of sp³-hybridized carbons (Fsp3) is 0.429. The molecule has 2 aromatic heterocycles. The van der Waals surface area contributed by atoms with E-state index in [9.17, 15) is 8.42 Å². The van der Waals surface area contributed by atoms with E-state index in [4.69, 9.17) is 4.52 Å². The van der Waals surface area contributed by atoms with Gasteiger partial charge in [0.2, 0.25) is 15.0 Å². The van der Waals surface area contributed by atoms with E-state index in [-0.39, 0.29) is 11.2 Å². The van der Waals surface area contributed by atoms with Crippen LogP contribution in [0.4, 0.5) is 0 Å². The van der Waals surface area contributed by atoms with E-state index in [0.29, 0.717) is 13.1 Å². The average molecular weight is 417 g/mol. The van der Waals surface area contributed by atoms with E-state index >= 15 is 0 Å². The third kappa shape index (κ3) is 4.76. The Morgan fingerprint density at radius 2 is 1.86 bits per heavy atom. The Labute approximate surface area is 172 Å². The van der Waals surface area contributed by atoms with Gasteiger partial charge in [-0.2, -0.15) is 0 Å². The molecular formula is C21H28N4O3S. The molecule has 0 bridgehead atoms. The summed E-state index contributed by atoms with van der Waals surface area (Å²) in [5.74, 6) is 0. The van der Waals surface area contributed by atoms with Crippen molar-refractivity contribution in [2.75, 3.05) is 7.05 Å². The van der Waals surface area contributed by atoms with Crippen LogP contribution in [-0.2, 0) is 29.3 Å². The van der Waals surface area contributed by atoms with Crippen LogP contribution in [0.1, 0.15) is 43.8 Å². The van der Waals surface area contributed by atoms with Gasteiger partial charge in [-0.25, -0.2) is 13.4 Å². The van der Waals surface area contributed by atoms with E-state index in [1.807, 2.05) is 54.9 Å². The van der Waals surface area contributed by atoms with Gasteiger partial charge in [-0.15, -0.1) is 0 Å². The first-order chi connectivity index (χ1) is 13.8. The smallest absolute Gasteiger partial charge is 0.228 e. The molecule has 1 aromatic carbocycles. The van der Waals surface area contributed by atoms with E-state index in [1.165, 1.54) is 0 Å². The summed E-state index contributed by atoms with van der Waals surface area (Å²) in [7, 11) is -1.51. The molecule has 3 aromatic rings. The normalized spacial score (nSPS) is 13.3. The molecule has 3 rings (SSSR count). The largest absolute Gasteiger partial charge is 0.364 e. The lowest BCUT2D eigenvalue weighted by molar-refractivity contribution is 0.234. The molecule has 7 nitrogen and oxygen atoms in total. The molecule has 156 valence electrons. The molecule has 0 aliphatic rings. The summed E-state index contributed by atoms with van der Waals surface area (Å²) >= 11 is 0. The summed E-state index contributed by atoms with van der Waals surface area (Å²) < 4.78 is 32.5. The van der Waals surface area contributed by atoms with Gasteiger partial charge in [0.15, 0.2) is 0 Å². The van der Waals surface area contributed by atoms with Crippen molar-refractivity contribution >= 4 is 9.84 Å². The number of imidazole rings is 1. The monoisotopic (exact) mass is 416 g/mol. The van der Waals surface area contributed by atoms with Gasteiger partial charge in [0.1, 0.15) is 12.0 Å². The lowest BCUT2D eigenvalue weighted by Gasteiger charge is -2.23. The van der Waals surface area contributed by atoms with Gasteiger partial charge in [-0.05, 0) is 39.8 Å². The number of rotatable bonds is 9. The summed E-state index contributed by atoms with van der Waals surface area (Å²) in [4.78, 5) is 6.41. The van der Waals surface area contributed by atoms with Crippen molar-refractivity contribution in [3.05, 3.63) is 65.8 Å². The Hall–Kier alpha value is -2.45. The molecule has 0 aliphatic carbocycles. The van der Waals surface area contributed by atoms with Gasteiger partial charge in [-0.1, -0.05) is 35.5 Å². The van der Waals surface area contributed by atoms with Crippen molar-refractivity contribution in [2.24, 2.45) is 0 Å². The first-order valence-electron chi connectivity index (χ1n) is 9.73. The van der Waals surface area contributed by atoms with Gasteiger partial charge in [-0.3, -0.25) is 4.90 Å². The number of benzene rings is 1. The maximum Gasteiger partial charge on any atom is 0.228 e. The van der Waals surface area contributed by atoms with E-state index < -0.39 is 15.1 Å². The van der Waals surface area contributed by atoms with Crippen LogP contribution in [0.15, 0.2) is 58.5 Å². The van der Waals surface area contributed by atoms with Gasteiger partial charge in [0.25, 0.3) is 0 Å². The lowest BCUT2D eigenvalue weighted by atomic mass is 10.1. The summed E-state index contributed by atoms with van der Waals surface area (Å²) in [5, 5.41) is 3.62. The van der Waals surface area contributed by atoms with E-state index in [2.05, 4.69) is 15.0 Å². The maximum absolute atomic E-state index is 12.9. The number of hydrogen-bond donors (Lipinski definition) is 0. The predicted molar refractivity (Wildman–Crippen MR) is 111 cm³/mol. The minimum absolute atomic E-state index is 0.0244. The highest BCUT2D eigenvalue weighted by molar-refractivity contribution is 7.91. The Morgan fingerprint density at radius 3 is 2.48 bits per heavy atom. The van der Waals surface area contributed by atoms with Crippen molar-refractivity contribution in [3.63, 3.8) is 0 Å². The first-order valence-corrected chi connectivity index (χ1v) is 11.3. The van der Waals surface area contributed by atoms with Crippen molar-refractivity contribution in [3.8, 4) is 0 Å². The Morgan fingerprint density at radius 1 is 1.14 bits per heavy atom. The second kappa shape index (κ2) is 8.92. The molecule has 0 saturated carbocycles. The van der Waals surface area contributed by atoms with E-state index in [0.717, 1.165) is 23.4 Å². The topological polar surface area (TPSA) is 81.2 Å². The fourth-order valence-corrected chi connectivity index (χ4v) is 4.27. The zero-order valence-electron chi connectivity index (χ0n) is 17.3. The Balaban J connectivity index is 1.88. The van der Waals surface area contributed by atoms with Gasteiger partial charge in [0, 0.05) is 19.2 Å². The summed E-state index contributed by atoms with van der Waals surface area (Å²) in [6, 6.07) is 11.9. The predicted octanol–water partition coefficient (Wildman–Crippen LogP) is 3.49. The van der Waals surface area contributed by atoms with Crippen LogP contribution >= 0.6 is 0 Å². The maximum atomic E-state index is 12.9. The van der Waals surface area contributed by atoms with Gasteiger partial charge < -0.3 is 9.09 Å². The standard InChI is InChI=1S/C21H28N4O3S/c1-16(2)29(26,27)21-22-14-19(15-24(4)17(3)20-11-13-28-23-20)25(21)12-10-18-8-6-5-7-9-18/h5-9,11,13-14,16-17H,10,12,15H2,1-4H3/t17-/m0/s1. The van der Waals surface area contributed by atoms with Crippen molar-refractivity contribution in [1.82, 2.24) is 19.6 Å². The summed E-state index contributed by atoms with van der Waals surface area (Å²) in [5.41, 5.74) is 2.85. The van der Waals surface area contributed by atoms with Crippen LogP contribution < -0.4 is 0 Å². The number of aromatic nitrogens is 3. The molecular weight excluding hydrogens is 388 g/mol. The van der Waals surface area contributed by atoms with Crippen LogP contribution in [0, 0.1) is 0 Å². The molecule has 0 N–H and O–H groups in total. The summed E-state index contributed by atoms with van der Waals surface area (Å²) in [6.45, 7) is 6.50. The van der Waals surface area contributed by atoms with Crippen LogP contribution in [0.2, 0.25) is 0 Å². The molecule has 8 heteroatoms. The zero-order valence-corrected chi connectivity index (χ0v) is 18.1. The number of nitrogens with zero attached hydrogens (tertiary/aromatic N) is 4. The molecule has 0 spiro atoms. The summed E-state index contributed by atoms with van der Waals surface area (Å²) in [6.07, 6.45) is 3.96. The fourth-order valence-electron chi connectivity index (χ4n) is 3.14. The quantitative estimate of drug-likeness (QED) is 0.531. The highest BCUT2D eigenvalue weighted by Gasteiger charge is 2.27. The molecule has 1 atom stereocenters. The number of hydrogen-bond acceptors (Lipinski definition) is 6. The lowest BCUT2D eigenvalue weighted by Crippen LogP contribution is -2.25. The van der Waals surface area contributed by atoms with Crippen LogP contribution in [-0.4, -0.2) is 40.3 Å². The van der Waals surface area contributed by atoms with Crippen molar-refractivity contribution in [1.29, 1.82) is 0 Å². The molecule has 0 unspecified atom stereocenters. The molecule has 0 saturated heterocycles. The minimum Gasteiger partial charge on any atom is -0.364 e. The van der Waals surface area contributed by atoms with E-state index in [1.54, 1.807) is 26.3 Å². The second-order valence-electron chi connectivity index (χ2n) is 7.53. The van der Waals surface area contributed by atoms with Crippen LogP contribution in [0.3, 0.4) is 0 Å². The first kappa shape index (κ1) is 21.3. The second-order valence-corrected chi connectivity index (χ2v) is 9.93. The molecule has 0 radical (unpaired) electrons. The molecule has 0 aliphatic heterocycles. The third-order valence-electron chi connectivity index (χ3n) is 5.20. The van der Waals surface area contributed by atoms with Crippen molar-refractivity contribution < 1.29 is 12.9 Å². The number of aryl methyl sites for hydroxylation is 1. The molecule has 0 amide bonds. The molecule has 0 fully saturated rings. The van der Waals surface area contributed by atoms with Crippen molar-refractivity contribution in [2.45, 2.75) is 56.7 Å². The molecule has 29 heavy (non-hydrogen) atoms. The highest BCUT2D eigenvalue weighted by Crippen LogP contribution is 2.22. The highest BCUT2D eigenvalue weighted by atomic mass is 32.2. The minimum atomic E-state index is -3.48. The zero-order chi connectivity index (χ0) is 21.0. The van der Waals surface area contributed by atoms with Gasteiger partial charge >= 0.3 is 0 Å². The van der Waals surface area contributed by atoms with Crippen LogP contribution in [0.25, 0.3) is 0 Å². The average Bonchev–Trinajstić information content (AvgIpc) is 3.37. The van der Waals surface area contributed by atoms with Gasteiger partial charge in [0.05, 0.1) is 23.2 Å². The Kier molecular flexibility index (Phi) is 6.54. The number of sulfone groups is 1. The Bertz CT molecular complexity index is 1010. The SMILES string of the molecule is CC(C)S(=O)(=O)c1ncc(CN(C)[C@@H](C)c2ccon2)n1CCc1ccccc1. The van der Waals surface area contributed by atoms with Crippen LogP contribution in [0.5, 0.6) is 0 Å². The third-order valence-corrected chi connectivity index (χ3v) is 7.28.